The topological polar surface area (TPSA) is 50.8 Å². The number of hydrogen-bond donors (Lipinski definition) is 1. The molecule has 2 aliphatic rings. The van der Waals surface area contributed by atoms with Crippen LogP contribution in [0.2, 0.25) is 0 Å². The number of hydrogen-bond acceptors (Lipinski definition) is 4. The van der Waals surface area contributed by atoms with Gasteiger partial charge < -0.3 is 19.7 Å². The number of anilines is 1. The second-order valence-corrected chi connectivity index (χ2v) is 8.53. The highest BCUT2D eigenvalue weighted by Gasteiger charge is 2.17. The van der Waals surface area contributed by atoms with Gasteiger partial charge in [-0.15, -0.1) is 0 Å². The average molecular weight is 409 g/mol. The van der Waals surface area contributed by atoms with E-state index in [9.17, 15) is 4.79 Å². The lowest BCUT2D eigenvalue weighted by Crippen LogP contribution is -2.32. The average Bonchev–Trinajstić information content (AvgIpc) is 2.78. The Balaban J connectivity index is 1.27. The lowest BCUT2D eigenvalue weighted by Gasteiger charge is -2.32. The van der Waals surface area contributed by atoms with Gasteiger partial charge in [0.2, 0.25) is 5.91 Å². The number of carbonyl (C=O) groups is 1. The summed E-state index contributed by atoms with van der Waals surface area (Å²) in [7, 11) is 0. The van der Waals surface area contributed by atoms with Gasteiger partial charge >= 0.3 is 0 Å². The van der Waals surface area contributed by atoms with Gasteiger partial charge in [0, 0.05) is 25.2 Å². The Morgan fingerprint density at radius 3 is 2.50 bits per heavy atom. The number of aryl methyl sites for hydroxylation is 1. The van der Waals surface area contributed by atoms with Gasteiger partial charge in [0.1, 0.15) is 13.2 Å². The fourth-order valence-corrected chi connectivity index (χ4v) is 4.14. The van der Waals surface area contributed by atoms with Crippen molar-refractivity contribution in [3.05, 3.63) is 53.6 Å². The third-order valence-electron chi connectivity index (χ3n) is 6.17. The fourth-order valence-electron chi connectivity index (χ4n) is 4.14. The molecule has 1 fully saturated rings. The molecule has 1 amide bonds. The van der Waals surface area contributed by atoms with E-state index in [0.29, 0.717) is 26.1 Å². The number of ether oxygens (including phenoxy) is 2. The Kier molecular flexibility index (Phi) is 6.46. The summed E-state index contributed by atoms with van der Waals surface area (Å²) in [4.78, 5) is 14.9. The lowest BCUT2D eigenvalue weighted by atomic mass is 9.98. The van der Waals surface area contributed by atoms with Crippen LogP contribution >= 0.6 is 0 Å². The van der Waals surface area contributed by atoms with Crippen LogP contribution in [0.4, 0.5) is 5.69 Å². The van der Waals surface area contributed by atoms with Gasteiger partial charge in [-0.25, -0.2) is 0 Å². The summed E-state index contributed by atoms with van der Waals surface area (Å²) in [5, 5.41) is 3.13. The monoisotopic (exact) mass is 408 g/mol. The van der Waals surface area contributed by atoms with Crippen LogP contribution in [0.15, 0.2) is 42.5 Å². The number of benzene rings is 2. The molecule has 2 heterocycles. The van der Waals surface area contributed by atoms with E-state index in [2.05, 4.69) is 41.4 Å². The molecule has 0 saturated carbocycles. The maximum Gasteiger partial charge on any atom is 0.220 e. The second-order valence-electron chi connectivity index (χ2n) is 8.53. The van der Waals surface area contributed by atoms with Crippen molar-refractivity contribution < 1.29 is 14.3 Å². The molecule has 2 aromatic carbocycles. The summed E-state index contributed by atoms with van der Waals surface area (Å²) in [6.07, 6.45) is 3.66. The molecule has 160 valence electrons. The Bertz CT molecular complexity index is 857. The molecule has 0 aliphatic carbocycles. The first-order valence-electron chi connectivity index (χ1n) is 11.1. The summed E-state index contributed by atoms with van der Waals surface area (Å²) >= 11 is 0. The standard InChI is InChI=1S/C25H32N2O3/c1-18-11-13-27(14-12-18)22-7-5-21(6-8-22)19(2)26-25(28)10-4-20-3-9-23-24(17-20)30-16-15-29-23/h3,5-9,17-19H,4,10-16H2,1-2H3,(H,26,28)/t19-/m0/s1. The van der Waals surface area contributed by atoms with Crippen LogP contribution < -0.4 is 19.7 Å². The summed E-state index contributed by atoms with van der Waals surface area (Å²) in [5.41, 5.74) is 3.50. The van der Waals surface area contributed by atoms with E-state index in [4.69, 9.17) is 9.47 Å². The molecule has 1 atom stereocenters. The molecular weight excluding hydrogens is 376 g/mol. The maximum atomic E-state index is 12.5. The van der Waals surface area contributed by atoms with Gasteiger partial charge in [-0.05, 0) is 67.5 Å². The molecule has 0 aromatic heterocycles. The largest absolute Gasteiger partial charge is 0.486 e. The summed E-state index contributed by atoms with van der Waals surface area (Å²) in [6, 6.07) is 14.5. The number of rotatable bonds is 6. The molecule has 30 heavy (non-hydrogen) atoms. The summed E-state index contributed by atoms with van der Waals surface area (Å²) in [5.74, 6) is 2.45. The van der Waals surface area contributed by atoms with Crippen molar-refractivity contribution in [1.82, 2.24) is 5.32 Å². The molecule has 2 aromatic rings. The Morgan fingerprint density at radius 2 is 1.77 bits per heavy atom. The Morgan fingerprint density at radius 1 is 1.07 bits per heavy atom. The van der Waals surface area contributed by atoms with Crippen molar-refractivity contribution in [2.75, 3.05) is 31.2 Å². The maximum absolute atomic E-state index is 12.5. The molecule has 5 heteroatoms. The number of amides is 1. The van der Waals surface area contributed by atoms with Crippen molar-refractivity contribution in [1.29, 1.82) is 0 Å². The van der Waals surface area contributed by atoms with E-state index in [1.807, 2.05) is 25.1 Å². The van der Waals surface area contributed by atoms with E-state index < -0.39 is 0 Å². The van der Waals surface area contributed by atoms with Gasteiger partial charge in [-0.2, -0.15) is 0 Å². The third-order valence-corrected chi connectivity index (χ3v) is 6.17. The van der Waals surface area contributed by atoms with Crippen molar-refractivity contribution >= 4 is 11.6 Å². The number of nitrogens with zero attached hydrogens (tertiary/aromatic N) is 1. The molecule has 0 radical (unpaired) electrons. The van der Waals surface area contributed by atoms with Crippen LogP contribution in [-0.4, -0.2) is 32.2 Å². The summed E-state index contributed by atoms with van der Waals surface area (Å²) in [6.45, 7) is 7.80. The highest BCUT2D eigenvalue weighted by molar-refractivity contribution is 5.76. The van der Waals surface area contributed by atoms with Crippen LogP contribution in [0.1, 0.15) is 50.3 Å². The van der Waals surface area contributed by atoms with Gasteiger partial charge in [-0.1, -0.05) is 25.1 Å². The molecule has 0 unspecified atom stereocenters. The van der Waals surface area contributed by atoms with Gasteiger partial charge in [0.15, 0.2) is 11.5 Å². The highest BCUT2D eigenvalue weighted by atomic mass is 16.6. The van der Waals surface area contributed by atoms with Crippen LogP contribution in [-0.2, 0) is 11.2 Å². The predicted molar refractivity (Wildman–Crippen MR) is 119 cm³/mol. The van der Waals surface area contributed by atoms with Gasteiger partial charge in [0.25, 0.3) is 0 Å². The van der Waals surface area contributed by atoms with E-state index in [0.717, 1.165) is 41.6 Å². The molecule has 4 rings (SSSR count). The minimum Gasteiger partial charge on any atom is -0.486 e. The van der Waals surface area contributed by atoms with Gasteiger partial charge in [0.05, 0.1) is 6.04 Å². The molecular formula is C25H32N2O3. The van der Waals surface area contributed by atoms with Crippen molar-refractivity contribution in [3.8, 4) is 11.5 Å². The van der Waals surface area contributed by atoms with Crippen molar-refractivity contribution in [3.63, 3.8) is 0 Å². The summed E-state index contributed by atoms with van der Waals surface area (Å²) < 4.78 is 11.2. The van der Waals surface area contributed by atoms with Crippen molar-refractivity contribution in [2.45, 2.75) is 45.6 Å². The quantitative estimate of drug-likeness (QED) is 0.764. The molecule has 1 saturated heterocycles. The first-order chi connectivity index (χ1) is 14.6. The van der Waals surface area contributed by atoms with Gasteiger partial charge in [-0.3, -0.25) is 4.79 Å². The minimum atomic E-state index is -0.00630. The molecule has 0 bridgehead atoms. The zero-order chi connectivity index (χ0) is 20.9. The predicted octanol–water partition coefficient (Wildman–Crippen LogP) is 4.50. The zero-order valence-corrected chi connectivity index (χ0v) is 18.0. The van der Waals surface area contributed by atoms with Crippen LogP contribution in [0, 0.1) is 5.92 Å². The Hall–Kier alpha value is -2.69. The van der Waals surface area contributed by atoms with E-state index in [-0.39, 0.29) is 11.9 Å². The van der Waals surface area contributed by atoms with Crippen molar-refractivity contribution in [2.24, 2.45) is 5.92 Å². The molecule has 0 spiro atoms. The van der Waals surface area contributed by atoms with Crippen LogP contribution in [0.3, 0.4) is 0 Å². The highest BCUT2D eigenvalue weighted by Crippen LogP contribution is 2.31. The fraction of sp³-hybridized carbons (Fsp3) is 0.480. The number of fused-ring (bicyclic) bond motifs is 1. The zero-order valence-electron chi connectivity index (χ0n) is 18.0. The minimum absolute atomic E-state index is 0.00630. The van der Waals surface area contributed by atoms with E-state index in [1.54, 1.807) is 0 Å². The van der Waals surface area contributed by atoms with E-state index >= 15 is 0 Å². The SMILES string of the molecule is CC1CCN(c2ccc([C@H](C)NC(=O)CCc3ccc4c(c3)OCCO4)cc2)CC1. The number of carbonyl (C=O) groups excluding carboxylic acids is 1. The Labute approximate surface area is 179 Å². The normalized spacial score (nSPS) is 17.5. The number of nitrogens with one attached hydrogen (secondary N) is 1. The van der Waals surface area contributed by atoms with Crippen LogP contribution in [0.5, 0.6) is 11.5 Å². The number of piperidine rings is 1. The first kappa shape index (κ1) is 20.6. The third kappa shape index (κ3) is 5.07. The molecule has 2 aliphatic heterocycles. The second kappa shape index (κ2) is 9.41. The first-order valence-corrected chi connectivity index (χ1v) is 11.1. The van der Waals surface area contributed by atoms with E-state index in [1.165, 1.54) is 18.5 Å². The molecule has 1 N–H and O–H groups in total. The lowest BCUT2D eigenvalue weighted by molar-refractivity contribution is -0.121. The smallest absolute Gasteiger partial charge is 0.220 e. The van der Waals surface area contributed by atoms with Crippen LogP contribution in [0.25, 0.3) is 0 Å². The molecule has 5 nitrogen and oxygen atoms in total.